The molecule has 2 N–H and O–H groups in total. The van der Waals surface area contributed by atoms with Crippen LogP contribution < -0.4 is 20.1 Å². The van der Waals surface area contributed by atoms with E-state index in [0.717, 1.165) is 11.1 Å². The van der Waals surface area contributed by atoms with E-state index in [1.807, 2.05) is 24.3 Å². The number of methoxy groups -OCH3 is 1. The van der Waals surface area contributed by atoms with Crippen LogP contribution in [0.1, 0.15) is 11.1 Å². The smallest absolute Gasteiger partial charge is 0.271 e. The number of nitro groups is 1. The van der Waals surface area contributed by atoms with Crippen molar-refractivity contribution in [1.29, 1.82) is 0 Å². The van der Waals surface area contributed by atoms with Crippen molar-refractivity contribution in [2.24, 2.45) is 0 Å². The minimum Gasteiger partial charge on any atom is -0.493 e. The second kappa shape index (κ2) is 13.5. The highest BCUT2D eigenvalue weighted by molar-refractivity contribution is 6.33. The lowest BCUT2D eigenvalue weighted by Crippen LogP contribution is -2.22. The molecule has 0 aliphatic heterocycles. The predicted molar refractivity (Wildman–Crippen MR) is 139 cm³/mol. The zero-order valence-electron chi connectivity index (χ0n) is 18.1. The molecule has 0 aliphatic rings. The minimum atomic E-state index is -0.482. The Morgan fingerprint density at radius 3 is 2.32 bits per heavy atom. The number of anilines is 1. The summed E-state index contributed by atoms with van der Waals surface area (Å²) in [6.07, 6.45) is 0. The van der Waals surface area contributed by atoms with Crippen molar-refractivity contribution in [2.75, 3.05) is 25.5 Å². The van der Waals surface area contributed by atoms with Crippen molar-refractivity contribution >= 4 is 58.6 Å². The summed E-state index contributed by atoms with van der Waals surface area (Å²) in [6.45, 7) is 2.09. The predicted octanol–water partition coefficient (Wildman–Crippen LogP) is 6.77. The molecule has 0 aromatic heterocycles. The number of rotatable bonds is 11. The topological polar surface area (TPSA) is 85.7 Å². The Bertz CT molecular complexity index is 1110. The van der Waals surface area contributed by atoms with E-state index >= 15 is 0 Å². The number of nitrogens with zero attached hydrogens (tertiary/aromatic N) is 1. The van der Waals surface area contributed by atoms with E-state index in [0.29, 0.717) is 58.5 Å². The summed E-state index contributed by atoms with van der Waals surface area (Å²) in [6, 6.07) is 15.4. The number of ether oxygens (including phenoxy) is 2. The first kappa shape index (κ1) is 27.8. The summed E-state index contributed by atoms with van der Waals surface area (Å²) in [4.78, 5) is 10.3. The van der Waals surface area contributed by atoms with Crippen LogP contribution in [0.4, 0.5) is 11.4 Å². The van der Waals surface area contributed by atoms with Gasteiger partial charge in [-0.15, -0.1) is 12.4 Å². The van der Waals surface area contributed by atoms with Crippen LogP contribution in [0.25, 0.3) is 0 Å². The van der Waals surface area contributed by atoms with E-state index in [4.69, 9.17) is 44.3 Å². The summed E-state index contributed by atoms with van der Waals surface area (Å²) >= 11 is 18.4. The van der Waals surface area contributed by atoms with Gasteiger partial charge in [0.15, 0.2) is 11.5 Å². The molecule has 0 atom stereocenters. The first-order valence-electron chi connectivity index (χ1n) is 9.99. The Morgan fingerprint density at radius 2 is 1.68 bits per heavy atom. The normalized spacial score (nSPS) is 10.4. The molecule has 0 aliphatic carbocycles. The molecule has 0 saturated heterocycles. The van der Waals surface area contributed by atoms with Crippen LogP contribution in [0.3, 0.4) is 0 Å². The van der Waals surface area contributed by atoms with Crippen molar-refractivity contribution in [3.63, 3.8) is 0 Å². The maximum atomic E-state index is 10.8. The molecule has 0 radical (unpaired) electrons. The second-order valence-corrected chi connectivity index (χ2v) is 8.30. The number of hydrogen-bond acceptors (Lipinski definition) is 6. The quantitative estimate of drug-likeness (QED) is 0.157. The molecule has 0 fully saturated rings. The zero-order chi connectivity index (χ0) is 23.8. The first-order valence-corrected chi connectivity index (χ1v) is 11.1. The van der Waals surface area contributed by atoms with Gasteiger partial charge in [-0.3, -0.25) is 10.1 Å². The van der Waals surface area contributed by atoms with Gasteiger partial charge in [0.05, 0.1) is 27.8 Å². The van der Waals surface area contributed by atoms with Gasteiger partial charge in [-0.25, -0.2) is 0 Å². The molecule has 0 bridgehead atoms. The third-order valence-corrected chi connectivity index (χ3v) is 5.54. The Morgan fingerprint density at radius 1 is 0.941 bits per heavy atom. The van der Waals surface area contributed by atoms with Gasteiger partial charge in [0.2, 0.25) is 0 Å². The number of halogens is 4. The Labute approximate surface area is 218 Å². The third-order valence-electron chi connectivity index (χ3n) is 4.70. The number of non-ortho nitro benzene ring substituents is 1. The second-order valence-electron chi connectivity index (χ2n) is 7.05. The standard InChI is InChI=1S/C23H22Cl3N3O4.ClH/c1-32-22-11-16(10-20(26)23(22)33-14-15-2-4-17(24)5-3-15)13-27-8-9-28-21-7-6-18(29(30)31)12-19(21)25;/h2-7,10-12,27-28H,8-9,13-14H2,1H3;1H. The van der Waals surface area contributed by atoms with Gasteiger partial charge < -0.3 is 20.1 Å². The fraction of sp³-hybridized carbons (Fsp3) is 0.217. The van der Waals surface area contributed by atoms with Gasteiger partial charge >= 0.3 is 0 Å². The molecule has 34 heavy (non-hydrogen) atoms. The maximum Gasteiger partial charge on any atom is 0.271 e. The third kappa shape index (κ3) is 7.82. The fourth-order valence-electron chi connectivity index (χ4n) is 3.03. The van der Waals surface area contributed by atoms with Crippen LogP contribution in [-0.4, -0.2) is 25.1 Å². The lowest BCUT2D eigenvalue weighted by Gasteiger charge is -2.15. The highest BCUT2D eigenvalue weighted by atomic mass is 35.5. The number of nitro benzene ring substituents is 1. The van der Waals surface area contributed by atoms with Gasteiger partial charge in [0, 0.05) is 36.8 Å². The lowest BCUT2D eigenvalue weighted by atomic mass is 10.2. The van der Waals surface area contributed by atoms with E-state index in [1.165, 1.54) is 12.1 Å². The molecule has 0 saturated carbocycles. The van der Waals surface area contributed by atoms with Gasteiger partial charge in [-0.05, 0) is 41.5 Å². The SMILES string of the molecule is COc1cc(CNCCNc2ccc([N+](=O)[O-])cc2Cl)cc(Cl)c1OCc1ccc(Cl)cc1.Cl. The molecule has 182 valence electrons. The molecule has 0 amide bonds. The van der Waals surface area contributed by atoms with Crippen molar-refractivity contribution in [2.45, 2.75) is 13.2 Å². The highest BCUT2D eigenvalue weighted by Gasteiger charge is 2.13. The minimum absolute atomic E-state index is 0. The van der Waals surface area contributed by atoms with E-state index in [1.54, 1.807) is 25.3 Å². The molecular weight excluding hydrogens is 524 g/mol. The number of benzene rings is 3. The van der Waals surface area contributed by atoms with E-state index in [-0.39, 0.29) is 18.1 Å². The van der Waals surface area contributed by atoms with Crippen molar-refractivity contribution < 1.29 is 14.4 Å². The zero-order valence-corrected chi connectivity index (χ0v) is 21.2. The van der Waals surface area contributed by atoms with E-state index < -0.39 is 4.92 Å². The van der Waals surface area contributed by atoms with Crippen molar-refractivity contribution in [3.8, 4) is 11.5 Å². The van der Waals surface area contributed by atoms with E-state index in [9.17, 15) is 10.1 Å². The summed E-state index contributed by atoms with van der Waals surface area (Å²) in [7, 11) is 1.57. The maximum absolute atomic E-state index is 10.8. The number of hydrogen-bond donors (Lipinski definition) is 2. The van der Waals surface area contributed by atoms with Crippen LogP contribution in [0.5, 0.6) is 11.5 Å². The summed E-state index contributed by atoms with van der Waals surface area (Å²) in [5, 5.41) is 18.7. The van der Waals surface area contributed by atoms with Crippen LogP contribution in [-0.2, 0) is 13.2 Å². The average Bonchev–Trinajstić information content (AvgIpc) is 2.79. The lowest BCUT2D eigenvalue weighted by molar-refractivity contribution is -0.384. The number of nitrogens with one attached hydrogen (secondary N) is 2. The van der Waals surface area contributed by atoms with Crippen LogP contribution in [0.2, 0.25) is 15.1 Å². The first-order chi connectivity index (χ1) is 15.9. The molecule has 0 unspecified atom stereocenters. The molecule has 0 heterocycles. The van der Waals surface area contributed by atoms with Gasteiger partial charge in [-0.2, -0.15) is 0 Å². The molecular formula is C23H23Cl4N3O4. The molecule has 3 rings (SSSR count). The molecule has 3 aromatic rings. The fourth-order valence-corrected chi connectivity index (χ4v) is 3.69. The van der Waals surface area contributed by atoms with Crippen LogP contribution in [0.15, 0.2) is 54.6 Å². The highest BCUT2D eigenvalue weighted by Crippen LogP contribution is 2.37. The van der Waals surface area contributed by atoms with Crippen molar-refractivity contribution in [3.05, 3.63) is 90.9 Å². The van der Waals surface area contributed by atoms with Crippen LogP contribution >= 0.6 is 47.2 Å². The Hall–Kier alpha value is -2.42. The molecule has 11 heteroatoms. The largest absolute Gasteiger partial charge is 0.493 e. The monoisotopic (exact) mass is 545 g/mol. The average molecular weight is 547 g/mol. The van der Waals surface area contributed by atoms with E-state index in [2.05, 4.69) is 10.6 Å². The van der Waals surface area contributed by atoms with Crippen LogP contribution in [0, 0.1) is 10.1 Å². The van der Waals surface area contributed by atoms with Gasteiger partial charge in [0.1, 0.15) is 6.61 Å². The van der Waals surface area contributed by atoms with Gasteiger partial charge in [0.25, 0.3) is 5.69 Å². The van der Waals surface area contributed by atoms with Crippen molar-refractivity contribution in [1.82, 2.24) is 5.32 Å². The molecule has 0 spiro atoms. The Balaban J connectivity index is 0.00000408. The summed E-state index contributed by atoms with van der Waals surface area (Å²) in [5.41, 5.74) is 2.49. The van der Waals surface area contributed by atoms with Gasteiger partial charge in [-0.1, -0.05) is 46.9 Å². The molecule has 7 nitrogen and oxygen atoms in total. The molecule has 3 aromatic carbocycles. The summed E-state index contributed by atoms with van der Waals surface area (Å²) < 4.78 is 11.3. The summed E-state index contributed by atoms with van der Waals surface area (Å²) in [5.74, 6) is 1.02. The Kier molecular flexibility index (Phi) is 11.0.